The summed E-state index contributed by atoms with van der Waals surface area (Å²) in [7, 11) is 0. The second-order valence-electron chi connectivity index (χ2n) is 7.37. The van der Waals surface area contributed by atoms with Gasteiger partial charge >= 0.3 is 0 Å². The van der Waals surface area contributed by atoms with Gasteiger partial charge in [0.1, 0.15) is 18.1 Å². The average molecular weight is 399 g/mol. The standard InChI is InChI=1S/C26H25NO3/c1-19-12-13-22(16-20(19)2)29-15-14-27-17-24(23-10-6-7-11-25(23)27)26(28)18-30-21-8-4-3-5-9-21/h3-13,16-17H,14-15,18H2,1-2H3. The highest BCUT2D eigenvalue weighted by Crippen LogP contribution is 2.23. The maximum Gasteiger partial charge on any atom is 0.202 e. The molecular weight excluding hydrogens is 374 g/mol. The lowest BCUT2D eigenvalue weighted by molar-refractivity contribution is 0.0923. The SMILES string of the molecule is Cc1ccc(OCCn2cc(C(=O)COc3ccccc3)c3ccccc32)cc1C. The third-order valence-electron chi connectivity index (χ3n) is 5.28. The third-order valence-corrected chi connectivity index (χ3v) is 5.28. The molecule has 0 aliphatic rings. The lowest BCUT2D eigenvalue weighted by Gasteiger charge is -2.10. The summed E-state index contributed by atoms with van der Waals surface area (Å²) in [4.78, 5) is 12.8. The van der Waals surface area contributed by atoms with Crippen molar-refractivity contribution >= 4 is 16.7 Å². The van der Waals surface area contributed by atoms with Crippen molar-refractivity contribution in [3.63, 3.8) is 0 Å². The number of para-hydroxylation sites is 2. The topological polar surface area (TPSA) is 40.5 Å². The molecule has 0 aliphatic heterocycles. The second-order valence-corrected chi connectivity index (χ2v) is 7.37. The van der Waals surface area contributed by atoms with Crippen LogP contribution in [0.25, 0.3) is 10.9 Å². The molecule has 0 aliphatic carbocycles. The van der Waals surface area contributed by atoms with Crippen molar-refractivity contribution in [2.45, 2.75) is 20.4 Å². The van der Waals surface area contributed by atoms with Crippen LogP contribution in [0.5, 0.6) is 11.5 Å². The van der Waals surface area contributed by atoms with Crippen LogP contribution in [0.15, 0.2) is 79.0 Å². The Labute approximate surface area is 176 Å². The molecule has 0 amide bonds. The lowest BCUT2D eigenvalue weighted by Crippen LogP contribution is -2.11. The van der Waals surface area contributed by atoms with E-state index in [1.165, 1.54) is 11.1 Å². The summed E-state index contributed by atoms with van der Waals surface area (Å²) in [5.74, 6) is 1.52. The molecule has 0 saturated carbocycles. The Hall–Kier alpha value is -3.53. The largest absolute Gasteiger partial charge is 0.492 e. The number of hydrogen-bond donors (Lipinski definition) is 0. The van der Waals surface area contributed by atoms with Gasteiger partial charge in [-0.15, -0.1) is 0 Å². The van der Waals surface area contributed by atoms with Gasteiger partial charge in [-0.2, -0.15) is 0 Å². The Morgan fingerprint density at radius 3 is 2.40 bits per heavy atom. The van der Waals surface area contributed by atoms with Crippen molar-refractivity contribution in [1.82, 2.24) is 4.57 Å². The summed E-state index contributed by atoms with van der Waals surface area (Å²) >= 11 is 0. The fourth-order valence-electron chi connectivity index (χ4n) is 3.46. The van der Waals surface area contributed by atoms with Crippen LogP contribution in [-0.4, -0.2) is 23.6 Å². The van der Waals surface area contributed by atoms with Crippen LogP contribution < -0.4 is 9.47 Å². The van der Waals surface area contributed by atoms with Crippen LogP contribution in [0, 0.1) is 13.8 Å². The van der Waals surface area contributed by atoms with E-state index < -0.39 is 0 Å². The molecule has 4 heteroatoms. The van der Waals surface area contributed by atoms with Crippen LogP contribution in [0.1, 0.15) is 21.5 Å². The molecule has 4 rings (SSSR count). The molecule has 152 valence electrons. The monoisotopic (exact) mass is 399 g/mol. The minimum atomic E-state index is -0.0381. The van der Waals surface area contributed by atoms with Crippen molar-refractivity contribution in [2.24, 2.45) is 0 Å². The quantitative estimate of drug-likeness (QED) is 0.362. The first kappa shape index (κ1) is 19.8. The molecule has 0 atom stereocenters. The zero-order valence-corrected chi connectivity index (χ0v) is 17.3. The molecule has 1 aromatic heterocycles. The second kappa shape index (κ2) is 8.87. The van der Waals surface area contributed by atoms with Crippen molar-refractivity contribution in [2.75, 3.05) is 13.2 Å². The molecule has 0 spiro atoms. The molecule has 4 aromatic rings. The summed E-state index contributed by atoms with van der Waals surface area (Å²) in [5, 5.41) is 0.936. The van der Waals surface area contributed by atoms with E-state index in [1.807, 2.05) is 66.9 Å². The molecular formula is C26H25NO3. The number of fused-ring (bicyclic) bond motifs is 1. The number of aromatic nitrogens is 1. The third kappa shape index (κ3) is 4.38. The van der Waals surface area contributed by atoms with Gasteiger partial charge < -0.3 is 14.0 Å². The van der Waals surface area contributed by atoms with Crippen molar-refractivity contribution in [3.05, 3.63) is 95.7 Å². The molecule has 0 fully saturated rings. The number of benzene rings is 3. The van der Waals surface area contributed by atoms with E-state index in [0.29, 0.717) is 24.5 Å². The first-order valence-electron chi connectivity index (χ1n) is 10.1. The van der Waals surface area contributed by atoms with E-state index in [2.05, 4.69) is 30.5 Å². The number of rotatable bonds is 8. The fourth-order valence-corrected chi connectivity index (χ4v) is 3.46. The minimum Gasteiger partial charge on any atom is -0.492 e. The lowest BCUT2D eigenvalue weighted by atomic mass is 10.1. The zero-order valence-electron chi connectivity index (χ0n) is 17.3. The predicted octanol–water partition coefficient (Wildman–Crippen LogP) is 5.60. The van der Waals surface area contributed by atoms with Gasteiger partial charge in [-0.3, -0.25) is 4.79 Å². The van der Waals surface area contributed by atoms with Crippen molar-refractivity contribution in [1.29, 1.82) is 0 Å². The summed E-state index contributed by atoms with van der Waals surface area (Å²) in [6.45, 7) is 5.36. The highest BCUT2D eigenvalue weighted by atomic mass is 16.5. The Bertz CT molecular complexity index is 1160. The number of aryl methyl sites for hydroxylation is 2. The van der Waals surface area contributed by atoms with E-state index in [-0.39, 0.29) is 12.4 Å². The number of carbonyl (C=O) groups is 1. The Morgan fingerprint density at radius 2 is 1.60 bits per heavy atom. The summed E-state index contributed by atoms with van der Waals surface area (Å²) in [6, 6.07) is 23.5. The van der Waals surface area contributed by atoms with Crippen LogP contribution in [0.3, 0.4) is 0 Å². The molecule has 0 unspecified atom stereocenters. The van der Waals surface area contributed by atoms with E-state index >= 15 is 0 Å². The van der Waals surface area contributed by atoms with E-state index in [0.717, 1.165) is 16.7 Å². The van der Waals surface area contributed by atoms with Crippen molar-refractivity contribution in [3.8, 4) is 11.5 Å². The van der Waals surface area contributed by atoms with Gasteiger partial charge in [0.05, 0.1) is 6.54 Å². The Balaban J connectivity index is 1.47. The molecule has 0 N–H and O–H groups in total. The molecule has 30 heavy (non-hydrogen) atoms. The number of ketones is 1. The van der Waals surface area contributed by atoms with Gasteiger partial charge in [-0.1, -0.05) is 42.5 Å². The van der Waals surface area contributed by atoms with Crippen LogP contribution in [-0.2, 0) is 6.54 Å². The zero-order chi connectivity index (χ0) is 20.9. The summed E-state index contributed by atoms with van der Waals surface area (Å²) < 4.78 is 13.7. The molecule has 3 aromatic carbocycles. The number of Topliss-reactive ketones (excluding diaryl/α,β-unsaturated/α-hetero) is 1. The molecule has 0 radical (unpaired) electrons. The van der Waals surface area contributed by atoms with Crippen LogP contribution >= 0.6 is 0 Å². The van der Waals surface area contributed by atoms with E-state index in [4.69, 9.17) is 9.47 Å². The van der Waals surface area contributed by atoms with Gasteiger partial charge in [-0.05, 0) is 55.3 Å². The summed E-state index contributed by atoms with van der Waals surface area (Å²) in [5.41, 5.74) is 4.15. The van der Waals surface area contributed by atoms with Gasteiger partial charge in [0.25, 0.3) is 0 Å². The number of hydrogen-bond acceptors (Lipinski definition) is 3. The number of carbonyl (C=O) groups excluding carboxylic acids is 1. The Morgan fingerprint density at radius 1 is 0.833 bits per heavy atom. The molecule has 0 saturated heterocycles. The van der Waals surface area contributed by atoms with E-state index in [1.54, 1.807) is 0 Å². The van der Waals surface area contributed by atoms with E-state index in [9.17, 15) is 4.79 Å². The normalized spacial score (nSPS) is 10.9. The smallest absolute Gasteiger partial charge is 0.202 e. The van der Waals surface area contributed by atoms with Crippen LogP contribution in [0.2, 0.25) is 0 Å². The Kier molecular flexibility index (Phi) is 5.84. The molecule has 1 heterocycles. The van der Waals surface area contributed by atoms with Crippen LogP contribution in [0.4, 0.5) is 0 Å². The van der Waals surface area contributed by atoms with Gasteiger partial charge in [0.15, 0.2) is 6.61 Å². The number of nitrogens with zero attached hydrogens (tertiary/aromatic N) is 1. The average Bonchev–Trinajstić information content (AvgIpc) is 3.14. The maximum absolute atomic E-state index is 12.8. The molecule has 0 bridgehead atoms. The van der Waals surface area contributed by atoms with Gasteiger partial charge in [0, 0.05) is 22.7 Å². The van der Waals surface area contributed by atoms with Gasteiger partial charge in [0.2, 0.25) is 5.78 Å². The predicted molar refractivity (Wildman–Crippen MR) is 120 cm³/mol. The highest BCUT2D eigenvalue weighted by Gasteiger charge is 2.15. The number of ether oxygens (including phenoxy) is 2. The maximum atomic E-state index is 12.8. The fraction of sp³-hybridized carbons (Fsp3) is 0.192. The molecule has 4 nitrogen and oxygen atoms in total. The minimum absolute atomic E-state index is 0.0111. The first-order valence-corrected chi connectivity index (χ1v) is 10.1. The highest BCUT2D eigenvalue weighted by molar-refractivity contribution is 6.08. The van der Waals surface area contributed by atoms with Crippen molar-refractivity contribution < 1.29 is 14.3 Å². The first-order chi connectivity index (χ1) is 14.6. The summed E-state index contributed by atoms with van der Waals surface area (Å²) in [6.07, 6.45) is 1.91. The van der Waals surface area contributed by atoms with Gasteiger partial charge in [-0.25, -0.2) is 0 Å².